The molecule has 3 aromatic rings. The third kappa shape index (κ3) is 5.00. The maximum absolute atomic E-state index is 13.5. The number of hydrogen-bond acceptors (Lipinski definition) is 3. The van der Waals surface area contributed by atoms with E-state index in [0.717, 1.165) is 28.0 Å². The van der Waals surface area contributed by atoms with Gasteiger partial charge in [-0.2, -0.15) is 0 Å². The minimum Gasteiger partial charge on any atom is -0.496 e. The van der Waals surface area contributed by atoms with Crippen molar-refractivity contribution in [1.29, 1.82) is 0 Å². The number of benzene rings is 3. The van der Waals surface area contributed by atoms with Gasteiger partial charge in [0.25, 0.3) is 0 Å². The van der Waals surface area contributed by atoms with Gasteiger partial charge in [-0.1, -0.05) is 54.6 Å². The monoisotopic (exact) mass is 433 g/mol. The number of carbonyl (C=O) groups excluding carboxylic acids is 1. The molecule has 0 aliphatic carbocycles. The first kappa shape index (κ1) is 22.0. The van der Waals surface area contributed by atoms with Gasteiger partial charge in [-0.25, -0.2) is 4.39 Å². The van der Waals surface area contributed by atoms with Crippen LogP contribution in [0.1, 0.15) is 24.0 Å². The average molecular weight is 434 g/mol. The number of carbonyl (C=O) groups is 1. The highest BCUT2D eigenvalue weighted by Gasteiger charge is 2.40. The van der Waals surface area contributed by atoms with Crippen LogP contribution in [0.4, 0.5) is 4.39 Å². The Kier molecular flexibility index (Phi) is 6.86. The summed E-state index contributed by atoms with van der Waals surface area (Å²) in [7, 11) is 1.67. The summed E-state index contributed by atoms with van der Waals surface area (Å²) in [5.41, 5.74) is 3.43. The normalized spacial score (nSPS) is 15.2. The Labute approximate surface area is 188 Å². The van der Waals surface area contributed by atoms with Gasteiger partial charge < -0.3 is 14.8 Å². The molecule has 1 amide bonds. The highest BCUT2D eigenvalue weighted by Crippen LogP contribution is 2.36. The molecule has 1 N–H and O–H groups in total. The fraction of sp³-hybridized carbons (Fsp3) is 0.296. The van der Waals surface area contributed by atoms with E-state index < -0.39 is 5.41 Å². The van der Waals surface area contributed by atoms with Crippen LogP contribution in [-0.2, 0) is 22.5 Å². The van der Waals surface area contributed by atoms with Crippen LogP contribution < -0.4 is 10.1 Å². The van der Waals surface area contributed by atoms with Gasteiger partial charge in [0.05, 0.1) is 12.5 Å². The standard InChI is InChI=1S/C27H28FNO3/c1-31-25-8-3-2-7-24(25)22-11-9-20(10-12-22)18-27(13-15-32-16-14-27)26(30)29-19-21-5-4-6-23(28)17-21/h2-12,17H,13-16,18-19H2,1H3,(H,29,30). The Morgan fingerprint density at radius 1 is 1.00 bits per heavy atom. The quantitative estimate of drug-likeness (QED) is 0.560. The van der Waals surface area contributed by atoms with Crippen molar-refractivity contribution in [2.24, 2.45) is 5.41 Å². The second-order valence-corrected chi connectivity index (χ2v) is 8.28. The molecule has 32 heavy (non-hydrogen) atoms. The summed E-state index contributed by atoms with van der Waals surface area (Å²) < 4.78 is 24.5. The van der Waals surface area contributed by atoms with Gasteiger partial charge in [0.15, 0.2) is 0 Å². The maximum Gasteiger partial charge on any atom is 0.226 e. The molecule has 0 unspecified atom stereocenters. The first-order valence-corrected chi connectivity index (χ1v) is 10.9. The zero-order chi connectivity index (χ0) is 22.4. The fourth-order valence-corrected chi connectivity index (χ4v) is 4.34. The third-order valence-electron chi connectivity index (χ3n) is 6.19. The summed E-state index contributed by atoms with van der Waals surface area (Å²) >= 11 is 0. The Bertz CT molecular complexity index is 1060. The Morgan fingerprint density at radius 3 is 2.47 bits per heavy atom. The lowest BCUT2D eigenvalue weighted by atomic mass is 9.74. The number of nitrogens with one attached hydrogen (secondary N) is 1. The van der Waals surface area contributed by atoms with E-state index in [1.165, 1.54) is 12.1 Å². The Hall–Kier alpha value is -3.18. The first-order chi connectivity index (χ1) is 15.6. The van der Waals surface area contributed by atoms with Gasteiger partial charge in [0.2, 0.25) is 5.91 Å². The van der Waals surface area contributed by atoms with Crippen molar-refractivity contribution in [2.75, 3.05) is 20.3 Å². The van der Waals surface area contributed by atoms with Crippen LogP contribution in [0.5, 0.6) is 5.75 Å². The molecule has 4 rings (SSSR count). The minimum atomic E-state index is -0.530. The van der Waals surface area contributed by atoms with Crippen LogP contribution in [0.25, 0.3) is 11.1 Å². The lowest BCUT2D eigenvalue weighted by molar-refractivity contribution is -0.136. The van der Waals surface area contributed by atoms with Crippen molar-refractivity contribution in [3.8, 4) is 16.9 Å². The minimum absolute atomic E-state index is 0.00105. The van der Waals surface area contributed by atoms with Crippen LogP contribution in [0.15, 0.2) is 72.8 Å². The molecule has 0 aromatic heterocycles. The van der Waals surface area contributed by atoms with Gasteiger partial charge in [-0.15, -0.1) is 0 Å². The predicted molar refractivity (Wildman–Crippen MR) is 123 cm³/mol. The van der Waals surface area contributed by atoms with Crippen LogP contribution >= 0.6 is 0 Å². The summed E-state index contributed by atoms with van der Waals surface area (Å²) in [6, 6.07) is 22.6. The van der Waals surface area contributed by atoms with Crippen molar-refractivity contribution in [1.82, 2.24) is 5.32 Å². The molecule has 166 valence electrons. The van der Waals surface area contributed by atoms with Crippen LogP contribution in [0.3, 0.4) is 0 Å². The van der Waals surface area contributed by atoms with Crippen molar-refractivity contribution in [3.05, 3.63) is 89.7 Å². The molecule has 1 aliphatic rings. The van der Waals surface area contributed by atoms with Crippen LogP contribution in [0, 0.1) is 11.2 Å². The number of ether oxygens (including phenoxy) is 2. The van der Waals surface area contributed by atoms with E-state index in [-0.39, 0.29) is 11.7 Å². The first-order valence-electron chi connectivity index (χ1n) is 10.9. The van der Waals surface area contributed by atoms with Gasteiger partial charge >= 0.3 is 0 Å². The van der Waals surface area contributed by atoms with Gasteiger partial charge in [-0.05, 0) is 54.2 Å². The third-order valence-corrected chi connectivity index (χ3v) is 6.19. The Morgan fingerprint density at radius 2 is 1.75 bits per heavy atom. The van der Waals surface area contributed by atoms with Crippen molar-refractivity contribution in [3.63, 3.8) is 0 Å². The highest BCUT2D eigenvalue weighted by atomic mass is 19.1. The molecule has 5 heteroatoms. The molecular formula is C27H28FNO3. The van der Waals surface area contributed by atoms with Crippen molar-refractivity contribution < 1.29 is 18.7 Å². The molecule has 1 heterocycles. The van der Waals surface area contributed by atoms with E-state index in [1.54, 1.807) is 13.2 Å². The SMILES string of the molecule is COc1ccccc1-c1ccc(CC2(C(=O)NCc3cccc(F)c3)CCOCC2)cc1. The summed E-state index contributed by atoms with van der Waals surface area (Å²) in [6.07, 6.45) is 1.96. The molecule has 1 fully saturated rings. The number of hydrogen-bond donors (Lipinski definition) is 1. The molecule has 3 aromatic carbocycles. The number of para-hydroxylation sites is 1. The van der Waals surface area contributed by atoms with E-state index in [1.807, 2.05) is 30.3 Å². The molecular weight excluding hydrogens is 405 g/mol. The van der Waals surface area contributed by atoms with Crippen molar-refractivity contribution >= 4 is 5.91 Å². The zero-order valence-corrected chi connectivity index (χ0v) is 18.3. The summed E-state index contributed by atoms with van der Waals surface area (Å²) in [5.74, 6) is 0.532. The lowest BCUT2D eigenvalue weighted by Gasteiger charge is -2.36. The topological polar surface area (TPSA) is 47.6 Å². The van der Waals surface area contributed by atoms with E-state index >= 15 is 0 Å². The molecule has 0 saturated carbocycles. The number of rotatable bonds is 7. The fourth-order valence-electron chi connectivity index (χ4n) is 4.34. The van der Waals surface area contributed by atoms with E-state index in [2.05, 4.69) is 29.6 Å². The number of methoxy groups -OCH3 is 1. The molecule has 0 spiro atoms. The zero-order valence-electron chi connectivity index (χ0n) is 18.3. The van der Waals surface area contributed by atoms with Gasteiger partial charge in [-0.3, -0.25) is 4.79 Å². The summed E-state index contributed by atoms with van der Waals surface area (Å²) in [6.45, 7) is 1.44. The number of amides is 1. The van der Waals surface area contributed by atoms with Gasteiger partial charge in [0, 0.05) is 25.3 Å². The molecule has 0 atom stereocenters. The summed E-state index contributed by atoms with van der Waals surface area (Å²) in [5, 5.41) is 3.03. The number of halogens is 1. The van der Waals surface area contributed by atoms with E-state index in [0.29, 0.717) is 39.0 Å². The second-order valence-electron chi connectivity index (χ2n) is 8.28. The predicted octanol–water partition coefficient (Wildman–Crippen LogP) is 5.16. The summed E-state index contributed by atoms with van der Waals surface area (Å²) in [4.78, 5) is 13.3. The molecule has 0 radical (unpaired) electrons. The highest BCUT2D eigenvalue weighted by molar-refractivity contribution is 5.83. The van der Waals surface area contributed by atoms with Gasteiger partial charge in [0.1, 0.15) is 11.6 Å². The van der Waals surface area contributed by atoms with E-state index in [4.69, 9.17) is 9.47 Å². The van der Waals surface area contributed by atoms with Crippen LogP contribution in [-0.4, -0.2) is 26.2 Å². The van der Waals surface area contributed by atoms with E-state index in [9.17, 15) is 9.18 Å². The average Bonchev–Trinajstić information content (AvgIpc) is 2.83. The van der Waals surface area contributed by atoms with Crippen molar-refractivity contribution in [2.45, 2.75) is 25.8 Å². The molecule has 0 bridgehead atoms. The smallest absolute Gasteiger partial charge is 0.226 e. The van der Waals surface area contributed by atoms with Crippen LogP contribution in [0.2, 0.25) is 0 Å². The largest absolute Gasteiger partial charge is 0.496 e. The molecule has 1 saturated heterocycles. The second kappa shape index (κ2) is 9.96. The maximum atomic E-state index is 13.5. The lowest BCUT2D eigenvalue weighted by Crippen LogP contribution is -2.45. The molecule has 1 aliphatic heterocycles. The molecule has 4 nitrogen and oxygen atoms in total. The Balaban J connectivity index is 1.50.